The number of ether oxygens (including phenoxy) is 1. The predicted octanol–water partition coefficient (Wildman–Crippen LogP) is 1.73. The van der Waals surface area contributed by atoms with Crippen LogP contribution in [0.4, 0.5) is 5.69 Å². The van der Waals surface area contributed by atoms with Crippen LogP contribution in [0.15, 0.2) is 17.0 Å². The Bertz CT molecular complexity index is 578. The van der Waals surface area contributed by atoms with Gasteiger partial charge in [-0.3, -0.25) is 0 Å². The fraction of sp³-hybridized carbons (Fsp3) is 0.571. The van der Waals surface area contributed by atoms with Crippen LogP contribution in [0.2, 0.25) is 0 Å². The van der Waals surface area contributed by atoms with Gasteiger partial charge in [-0.1, -0.05) is 0 Å². The summed E-state index contributed by atoms with van der Waals surface area (Å²) in [5.74, 6) is 0. The number of nitrogens with two attached hydrogens (primary N) is 1. The second-order valence-electron chi connectivity index (χ2n) is 5.28. The lowest BCUT2D eigenvalue weighted by molar-refractivity contribution is 0.105. The van der Waals surface area contributed by atoms with Crippen molar-refractivity contribution in [1.82, 2.24) is 4.72 Å². The molecule has 1 aromatic carbocycles. The molecule has 0 aliphatic carbocycles. The molecule has 1 saturated heterocycles. The largest absolute Gasteiger partial charge is 0.399 e. The minimum atomic E-state index is -3.51. The second kappa shape index (κ2) is 6.11. The summed E-state index contributed by atoms with van der Waals surface area (Å²) in [6.45, 7) is 4.83. The quantitative estimate of drug-likeness (QED) is 0.811. The van der Waals surface area contributed by atoms with Crippen molar-refractivity contribution in [2.24, 2.45) is 0 Å². The Balaban J connectivity index is 2.06. The zero-order chi connectivity index (χ0) is 14.8. The average Bonchev–Trinajstić information content (AvgIpc) is 2.86. The lowest BCUT2D eigenvalue weighted by Crippen LogP contribution is -2.28. The highest BCUT2D eigenvalue weighted by Gasteiger charge is 2.20. The Hall–Kier alpha value is -1.11. The molecule has 112 valence electrons. The highest BCUT2D eigenvalue weighted by molar-refractivity contribution is 7.89. The van der Waals surface area contributed by atoms with Crippen molar-refractivity contribution in [2.45, 2.75) is 44.1 Å². The van der Waals surface area contributed by atoms with E-state index in [1.165, 1.54) is 6.07 Å². The summed E-state index contributed by atoms with van der Waals surface area (Å²) in [7, 11) is -3.51. The minimum Gasteiger partial charge on any atom is -0.399 e. The van der Waals surface area contributed by atoms with Crippen LogP contribution in [0, 0.1) is 13.8 Å². The molecular weight excluding hydrogens is 276 g/mol. The Kier molecular flexibility index (Phi) is 4.67. The first-order valence-electron chi connectivity index (χ1n) is 6.88. The number of benzene rings is 1. The number of anilines is 1. The molecule has 0 aromatic heterocycles. The van der Waals surface area contributed by atoms with Gasteiger partial charge in [0.1, 0.15) is 0 Å². The maximum Gasteiger partial charge on any atom is 0.240 e. The van der Waals surface area contributed by atoms with E-state index in [2.05, 4.69) is 4.72 Å². The summed E-state index contributed by atoms with van der Waals surface area (Å²) in [5, 5.41) is 0. The van der Waals surface area contributed by atoms with E-state index in [9.17, 15) is 8.42 Å². The molecule has 1 heterocycles. The third-order valence-electron chi connectivity index (χ3n) is 3.71. The zero-order valence-electron chi connectivity index (χ0n) is 12.0. The molecule has 20 heavy (non-hydrogen) atoms. The first-order valence-corrected chi connectivity index (χ1v) is 8.36. The predicted molar refractivity (Wildman–Crippen MR) is 79.1 cm³/mol. The molecule has 1 atom stereocenters. The molecule has 1 fully saturated rings. The summed E-state index contributed by atoms with van der Waals surface area (Å²) >= 11 is 0. The minimum absolute atomic E-state index is 0.182. The van der Waals surface area contributed by atoms with Crippen molar-refractivity contribution in [2.75, 3.05) is 18.9 Å². The fourth-order valence-electron chi connectivity index (χ4n) is 2.44. The summed E-state index contributed by atoms with van der Waals surface area (Å²) in [6, 6.07) is 3.29. The van der Waals surface area contributed by atoms with Gasteiger partial charge < -0.3 is 10.5 Å². The first kappa shape index (κ1) is 15.3. The van der Waals surface area contributed by atoms with E-state index >= 15 is 0 Å². The molecule has 3 N–H and O–H groups in total. The van der Waals surface area contributed by atoms with Crippen molar-refractivity contribution in [3.8, 4) is 0 Å². The van der Waals surface area contributed by atoms with Crippen molar-refractivity contribution in [3.63, 3.8) is 0 Å². The fourth-order valence-corrected chi connectivity index (χ4v) is 3.83. The van der Waals surface area contributed by atoms with Crippen molar-refractivity contribution >= 4 is 15.7 Å². The molecular formula is C14H22N2O3S. The highest BCUT2D eigenvalue weighted by Crippen LogP contribution is 2.22. The molecule has 1 aliphatic heterocycles. The summed E-state index contributed by atoms with van der Waals surface area (Å²) < 4.78 is 32.8. The standard InChI is InChI=1S/C14H22N2O3S/c1-10-8-12(15)9-14(11(10)2)20(17,18)16-6-5-13-4-3-7-19-13/h8-9,13,16H,3-7,15H2,1-2H3. The van der Waals surface area contributed by atoms with Crippen LogP contribution in [0.3, 0.4) is 0 Å². The Labute approximate surface area is 120 Å². The van der Waals surface area contributed by atoms with E-state index in [0.717, 1.165) is 30.6 Å². The van der Waals surface area contributed by atoms with Gasteiger partial charge in [-0.25, -0.2) is 13.1 Å². The maximum atomic E-state index is 12.3. The normalized spacial score (nSPS) is 19.4. The topological polar surface area (TPSA) is 81.4 Å². The Morgan fingerprint density at radius 1 is 1.40 bits per heavy atom. The molecule has 0 radical (unpaired) electrons. The maximum absolute atomic E-state index is 12.3. The van der Waals surface area contributed by atoms with Gasteiger partial charge in [-0.05, 0) is 56.4 Å². The van der Waals surface area contributed by atoms with Crippen LogP contribution in [0.25, 0.3) is 0 Å². The Morgan fingerprint density at radius 2 is 2.15 bits per heavy atom. The van der Waals surface area contributed by atoms with Crippen LogP contribution in [-0.2, 0) is 14.8 Å². The Morgan fingerprint density at radius 3 is 2.80 bits per heavy atom. The highest BCUT2D eigenvalue weighted by atomic mass is 32.2. The van der Waals surface area contributed by atoms with Gasteiger partial charge in [0.2, 0.25) is 10.0 Å². The van der Waals surface area contributed by atoms with Gasteiger partial charge >= 0.3 is 0 Å². The van der Waals surface area contributed by atoms with E-state index in [4.69, 9.17) is 10.5 Å². The number of nitrogens with one attached hydrogen (secondary N) is 1. The number of nitrogen functional groups attached to an aromatic ring is 1. The lowest BCUT2D eigenvalue weighted by atomic mass is 10.1. The molecule has 0 amide bonds. The average molecular weight is 298 g/mol. The summed E-state index contributed by atoms with van der Waals surface area (Å²) in [6.07, 6.45) is 2.96. The number of sulfonamides is 1. The molecule has 1 aromatic rings. The van der Waals surface area contributed by atoms with Gasteiger partial charge in [-0.15, -0.1) is 0 Å². The van der Waals surface area contributed by atoms with Gasteiger partial charge in [-0.2, -0.15) is 0 Å². The molecule has 0 saturated carbocycles. The molecule has 5 nitrogen and oxygen atoms in total. The van der Waals surface area contributed by atoms with E-state index in [-0.39, 0.29) is 11.0 Å². The lowest BCUT2D eigenvalue weighted by Gasteiger charge is -2.13. The van der Waals surface area contributed by atoms with Gasteiger partial charge in [0.05, 0.1) is 11.0 Å². The van der Waals surface area contributed by atoms with Gasteiger partial charge in [0, 0.05) is 18.8 Å². The first-order chi connectivity index (χ1) is 9.40. The zero-order valence-corrected chi connectivity index (χ0v) is 12.8. The van der Waals surface area contributed by atoms with E-state index < -0.39 is 10.0 Å². The van der Waals surface area contributed by atoms with Crippen molar-refractivity contribution in [3.05, 3.63) is 23.3 Å². The molecule has 6 heteroatoms. The van der Waals surface area contributed by atoms with E-state index in [1.54, 1.807) is 13.0 Å². The van der Waals surface area contributed by atoms with Crippen LogP contribution in [0.1, 0.15) is 30.4 Å². The molecule has 0 spiro atoms. The number of hydrogen-bond donors (Lipinski definition) is 2. The van der Waals surface area contributed by atoms with Crippen molar-refractivity contribution < 1.29 is 13.2 Å². The number of aryl methyl sites for hydroxylation is 1. The van der Waals surface area contributed by atoms with Gasteiger partial charge in [0.25, 0.3) is 0 Å². The van der Waals surface area contributed by atoms with Crippen LogP contribution >= 0.6 is 0 Å². The smallest absolute Gasteiger partial charge is 0.240 e. The van der Waals surface area contributed by atoms with Crippen LogP contribution in [0.5, 0.6) is 0 Å². The van der Waals surface area contributed by atoms with Gasteiger partial charge in [0.15, 0.2) is 0 Å². The molecule has 1 unspecified atom stereocenters. The molecule has 0 bridgehead atoms. The molecule has 1 aliphatic rings. The number of rotatable bonds is 5. The van der Waals surface area contributed by atoms with Crippen LogP contribution in [-0.4, -0.2) is 27.7 Å². The van der Waals surface area contributed by atoms with Crippen LogP contribution < -0.4 is 10.5 Å². The second-order valence-corrected chi connectivity index (χ2v) is 7.02. The third-order valence-corrected chi connectivity index (χ3v) is 5.30. The monoisotopic (exact) mass is 298 g/mol. The van der Waals surface area contributed by atoms with E-state index in [0.29, 0.717) is 18.7 Å². The summed E-state index contributed by atoms with van der Waals surface area (Å²) in [5.41, 5.74) is 7.83. The molecule has 2 rings (SSSR count). The van der Waals surface area contributed by atoms with Crippen molar-refractivity contribution in [1.29, 1.82) is 0 Å². The van der Waals surface area contributed by atoms with E-state index in [1.807, 2.05) is 6.92 Å². The third kappa shape index (κ3) is 3.50. The SMILES string of the molecule is Cc1cc(N)cc(S(=O)(=O)NCCC2CCCO2)c1C. The summed E-state index contributed by atoms with van der Waals surface area (Å²) in [4.78, 5) is 0.266. The number of hydrogen-bond acceptors (Lipinski definition) is 4.